The van der Waals surface area contributed by atoms with Crippen LogP contribution in [0.3, 0.4) is 0 Å². The van der Waals surface area contributed by atoms with Gasteiger partial charge in [0.25, 0.3) is 0 Å². The first-order chi connectivity index (χ1) is 4.63. The lowest BCUT2D eigenvalue weighted by Crippen LogP contribution is -2.41. The van der Waals surface area contributed by atoms with Crippen molar-refractivity contribution in [1.29, 1.82) is 0 Å². The largest absolute Gasteiger partial charge is 0.394 e. The monoisotopic (exact) mass is 149 g/mol. The smallest absolute Gasteiger partial charge is 0.249 e. The molecule has 0 aliphatic heterocycles. The summed E-state index contributed by atoms with van der Waals surface area (Å²) in [6.07, 6.45) is -2.35. The number of amides is 1. The van der Waals surface area contributed by atoms with E-state index in [1.165, 1.54) is 7.11 Å². The Morgan fingerprint density at radius 3 is 2.40 bits per heavy atom. The average molecular weight is 149 g/mol. The van der Waals surface area contributed by atoms with E-state index < -0.39 is 24.7 Å². The van der Waals surface area contributed by atoms with Crippen molar-refractivity contribution in [1.82, 2.24) is 0 Å². The second-order valence-corrected chi connectivity index (χ2v) is 1.80. The zero-order valence-electron chi connectivity index (χ0n) is 5.65. The van der Waals surface area contributed by atoms with Crippen LogP contribution in [0.25, 0.3) is 0 Å². The molecular formula is C5H11NO4. The third-order valence-corrected chi connectivity index (χ3v) is 1.13. The van der Waals surface area contributed by atoms with Crippen LogP contribution in [0.5, 0.6) is 0 Å². The number of primary amides is 1. The summed E-state index contributed by atoms with van der Waals surface area (Å²) >= 11 is 0. The van der Waals surface area contributed by atoms with E-state index in [1.54, 1.807) is 0 Å². The van der Waals surface area contributed by atoms with Crippen LogP contribution in [-0.4, -0.2) is 42.0 Å². The van der Waals surface area contributed by atoms with Crippen molar-refractivity contribution in [3.8, 4) is 0 Å². The van der Waals surface area contributed by atoms with Crippen LogP contribution in [0.4, 0.5) is 0 Å². The van der Waals surface area contributed by atoms with E-state index in [-0.39, 0.29) is 0 Å². The van der Waals surface area contributed by atoms with Gasteiger partial charge in [-0.1, -0.05) is 0 Å². The first-order valence-electron chi connectivity index (χ1n) is 2.74. The Kier molecular flexibility index (Phi) is 3.94. The van der Waals surface area contributed by atoms with Gasteiger partial charge in [-0.15, -0.1) is 0 Å². The average Bonchev–Trinajstić information content (AvgIpc) is 1.90. The van der Waals surface area contributed by atoms with Crippen LogP contribution < -0.4 is 5.73 Å². The molecule has 2 unspecified atom stereocenters. The summed E-state index contributed by atoms with van der Waals surface area (Å²) in [5, 5.41) is 17.3. The summed E-state index contributed by atoms with van der Waals surface area (Å²) in [7, 11) is 1.27. The molecule has 0 aliphatic rings. The molecule has 0 saturated heterocycles. The number of ether oxygens (including phenoxy) is 1. The van der Waals surface area contributed by atoms with Gasteiger partial charge in [-0.05, 0) is 0 Å². The maximum atomic E-state index is 10.2. The molecule has 5 heteroatoms. The Morgan fingerprint density at radius 1 is 1.80 bits per heavy atom. The lowest BCUT2D eigenvalue weighted by atomic mass is 10.2. The number of carbonyl (C=O) groups is 1. The Morgan fingerprint density at radius 2 is 2.30 bits per heavy atom. The third kappa shape index (κ3) is 2.30. The predicted octanol–water partition coefficient (Wildman–Crippen LogP) is -2.16. The van der Waals surface area contributed by atoms with Gasteiger partial charge >= 0.3 is 0 Å². The summed E-state index contributed by atoms with van der Waals surface area (Å²) in [5.74, 6) is -0.902. The highest BCUT2D eigenvalue weighted by Gasteiger charge is 2.22. The normalized spacial score (nSPS) is 16.3. The fourth-order valence-electron chi connectivity index (χ4n) is 0.486. The standard InChI is InChI=1S/C5H11NO4/c1-10-3(2-7)4(8)5(6)9/h3-4,7-8H,2H2,1H3,(H2,6,9). The molecule has 0 saturated carbocycles. The lowest BCUT2D eigenvalue weighted by molar-refractivity contribution is -0.135. The molecule has 0 bridgehead atoms. The predicted molar refractivity (Wildman–Crippen MR) is 33.1 cm³/mol. The zero-order valence-corrected chi connectivity index (χ0v) is 5.65. The van der Waals surface area contributed by atoms with Gasteiger partial charge in [0.2, 0.25) is 5.91 Å². The van der Waals surface area contributed by atoms with Crippen molar-refractivity contribution in [3.05, 3.63) is 0 Å². The van der Waals surface area contributed by atoms with Gasteiger partial charge < -0.3 is 20.7 Å². The van der Waals surface area contributed by atoms with Gasteiger partial charge in [0.15, 0.2) is 6.10 Å². The summed E-state index contributed by atoms with van der Waals surface area (Å²) < 4.78 is 4.52. The van der Waals surface area contributed by atoms with E-state index in [4.69, 9.17) is 15.9 Å². The first-order valence-corrected chi connectivity index (χ1v) is 2.74. The summed E-state index contributed by atoms with van der Waals surface area (Å²) in [6.45, 7) is -0.430. The molecular weight excluding hydrogens is 138 g/mol. The third-order valence-electron chi connectivity index (χ3n) is 1.13. The number of aliphatic hydroxyl groups excluding tert-OH is 2. The molecule has 2 atom stereocenters. The fraction of sp³-hybridized carbons (Fsp3) is 0.800. The Labute approximate surface area is 58.4 Å². The number of carbonyl (C=O) groups excluding carboxylic acids is 1. The maximum Gasteiger partial charge on any atom is 0.249 e. The van der Waals surface area contributed by atoms with Crippen LogP contribution in [0.1, 0.15) is 0 Å². The van der Waals surface area contributed by atoms with Crippen molar-refractivity contribution in [2.75, 3.05) is 13.7 Å². The minimum Gasteiger partial charge on any atom is -0.394 e. The summed E-state index contributed by atoms with van der Waals surface area (Å²) in [4.78, 5) is 10.2. The Balaban J connectivity index is 3.88. The number of aliphatic hydroxyl groups is 2. The highest BCUT2D eigenvalue weighted by atomic mass is 16.5. The van der Waals surface area contributed by atoms with Gasteiger partial charge in [0.1, 0.15) is 6.10 Å². The molecule has 10 heavy (non-hydrogen) atoms. The molecule has 0 spiro atoms. The van der Waals surface area contributed by atoms with Crippen LogP contribution in [-0.2, 0) is 9.53 Å². The minimum absolute atomic E-state index is 0.430. The topological polar surface area (TPSA) is 92.8 Å². The molecule has 0 heterocycles. The van der Waals surface area contributed by atoms with E-state index in [0.717, 1.165) is 0 Å². The first kappa shape index (κ1) is 9.35. The summed E-state index contributed by atoms with van der Waals surface area (Å²) in [5.41, 5.74) is 4.71. The van der Waals surface area contributed by atoms with E-state index in [9.17, 15) is 4.79 Å². The highest BCUT2D eigenvalue weighted by Crippen LogP contribution is 1.95. The molecule has 0 rings (SSSR count). The molecule has 0 aromatic carbocycles. The SMILES string of the molecule is COC(CO)C(O)C(N)=O. The lowest BCUT2D eigenvalue weighted by Gasteiger charge is -2.15. The van der Waals surface area contributed by atoms with Gasteiger partial charge in [0, 0.05) is 7.11 Å². The van der Waals surface area contributed by atoms with E-state index in [0.29, 0.717) is 0 Å². The number of hydrogen-bond donors (Lipinski definition) is 3. The number of hydrogen-bond acceptors (Lipinski definition) is 4. The van der Waals surface area contributed by atoms with E-state index in [1.807, 2.05) is 0 Å². The molecule has 0 aromatic rings. The summed E-state index contributed by atoms with van der Waals surface area (Å²) in [6, 6.07) is 0. The van der Waals surface area contributed by atoms with Gasteiger partial charge in [0.05, 0.1) is 6.61 Å². The highest BCUT2D eigenvalue weighted by molar-refractivity contribution is 5.79. The van der Waals surface area contributed by atoms with Crippen molar-refractivity contribution in [3.63, 3.8) is 0 Å². The number of nitrogens with two attached hydrogens (primary N) is 1. The molecule has 0 fully saturated rings. The van der Waals surface area contributed by atoms with Crippen molar-refractivity contribution < 1.29 is 19.7 Å². The van der Waals surface area contributed by atoms with Gasteiger partial charge in [-0.2, -0.15) is 0 Å². The number of methoxy groups -OCH3 is 1. The Bertz CT molecular complexity index is 112. The molecule has 0 aromatic heterocycles. The zero-order chi connectivity index (χ0) is 8.15. The van der Waals surface area contributed by atoms with Crippen LogP contribution >= 0.6 is 0 Å². The van der Waals surface area contributed by atoms with Crippen LogP contribution in [0, 0.1) is 0 Å². The van der Waals surface area contributed by atoms with Crippen molar-refractivity contribution >= 4 is 5.91 Å². The molecule has 5 nitrogen and oxygen atoms in total. The van der Waals surface area contributed by atoms with Gasteiger partial charge in [-0.3, -0.25) is 4.79 Å². The van der Waals surface area contributed by atoms with E-state index in [2.05, 4.69) is 4.74 Å². The fourth-order valence-corrected chi connectivity index (χ4v) is 0.486. The molecule has 1 amide bonds. The second kappa shape index (κ2) is 4.21. The Hall–Kier alpha value is -0.650. The van der Waals surface area contributed by atoms with E-state index >= 15 is 0 Å². The minimum atomic E-state index is -1.44. The van der Waals surface area contributed by atoms with Gasteiger partial charge in [-0.25, -0.2) is 0 Å². The maximum absolute atomic E-state index is 10.2. The van der Waals surface area contributed by atoms with Crippen LogP contribution in [0.15, 0.2) is 0 Å². The van der Waals surface area contributed by atoms with Crippen molar-refractivity contribution in [2.45, 2.75) is 12.2 Å². The van der Waals surface area contributed by atoms with Crippen LogP contribution in [0.2, 0.25) is 0 Å². The molecule has 60 valence electrons. The molecule has 4 N–H and O–H groups in total. The number of rotatable bonds is 4. The second-order valence-electron chi connectivity index (χ2n) is 1.80. The quantitative estimate of drug-likeness (QED) is 0.424. The molecule has 0 radical (unpaired) electrons. The van der Waals surface area contributed by atoms with Crippen molar-refractivity contribution in [2.24, 2.45) is 5.73 Å². The molecule has 0 aliphatic carbocycles.